The third-order valence-electron chi connectivity index (χ3n) is 6.22. The summed E-state index contributed by atoms with van der Waals surface area (Å²) >= 11 is 1.50. The Labute approximate surface area is 224 Å². The number of hydrogen-bond acceptors (Lipinski definition) is 10. The van der Waals surface area contributed by atoms with Gasteiger partial charge < -0.3 is 24.6 Å². The smallest absolute Gasteiger partial charge is 0.303 e. The summed E-state index contributed by atoms with van der Waals surface area (Å²) in [4.78, 5) is 23.7. The van der Waals surface area contributed by atoms with E-state index in [1.807, 2.05) is 30.3 Å². The molecule has 1 aliphatic heterocycles. The fraction of sp³-hybridized carbons (Fsp3) is 0.423. The summed E-state index contributed by atoms with van der Waals surface area (Å²) in [6.45, 7) is 4.81. The SMILES string of the molecule is CC(=O)OC(C)C(=O)Nc1cccc(C2OC(CSc3nnnn3C)C(C)C(c3ccc(CO)cc3)O2)c1. The zero-order valence-corrected chi connectivity index (χ0v) is 22.4. The molecule has 0 saturated carbocycles. The van der Waals surface area contributed by atoms with Gasteiger partial charge in [0.2, 0.25) is 5.16 Å². The number of amides is 1. The Balaban J connectivity index is 1.56. The predicted molar refractivity (Wildman–Crippen MR) is 139 cm³/mol. The van der Waals surface area contributed by atoms with E-state index in [9.17, 15) is 14.7 Å². The average molecular weight is 542 g/mol. The second-order valence-corrected chi connectivity index (χ2v) is 10.1. The van der Waals surface area contributed by atoms with Gasteiger partial charge in [-0.25, -0.2) is 4.68 Å². The molecule has 1 aliphatic rings. The quantitative estimate of drug-likeness (QED) is 0.307. The molecule has 3 aromatic rings. The number of rotatable bonds is 9. The minimum atomic E-state index is -0.929. The van der Waals surface area contributed by atoms with E-state index < -0.39 is 24.3 Å². The van der Waals surface area contributed by atoms with Crippen LogP contribution in [0, 0.1) is 5.92 Å². The lowest BCUT2D eigenvalue weighted by Crippen LogP contribution is -2.38. The number of nitrogens with zero attached hydrogens (tertiary/aromatic N) is 4. The number of anilines is 1. The highest BCUT2D eigenvalue weighted by molar-refractivity contribution is 7.99. The average Bonchev–Trinajstić information content (AvgIpc) is 3.32. The molecule has 4 rings (SSSR count). The first-order valence-electron chi connectivity index (χ1n) is 12.2. The molecule has 11 nitrogen and oxygen atoms in total. The lowest BCUT2D eigenvalue weighted by atomic mass is 9.91. The number of aryl methyl sites for hydroxylation is 1. The van der Waals surface area contributed by atoms with E-state index in [0.717, 1.165) is 16.7 Å². The van der Waals surface area contributed by atoms with Crippen LogP contribution < -0.4 is 5.32 Å². The van der Waals surface area contributed by atoms with Gasteiger partial charge in [0.05, 0.1) is 18.8 Å². The van der Waals surface area contributed by atoms with Crippen molar-refractivity contribution < 1.29 is 28.9 Å². The van der Waals surface area contributed by atoms with Crippen LogP contribution in [-0.2, 0) is 37.5 Å². The van der Waals surface area contributed by atoms with Crippen molar-refractivity contribution >= 4 is 29.3 Å². The van der Waals surface area contributed by atoms with Gasteiger partial charge in [-0.3, -0.25) is 9.59 Å². The summed E-state index contributed by atoms with van der Waals surface area (Å²) in [6, 6.07) is 14.9. The van der Waals surface area contributed by atoms with Crippen LogP contribution in [-0.4, -0.2) is 55.2 Å². The van der Waals surface area contributed by atoms with Gasteiger partial charge in [0.25, 0.3) is 5.91 Å². The standard InChI is InChI=1S/C26H31N5O6S/c1-15-22(14-38-26-28-29-30-31(26)4)36-25(37-23(15)19-10-8-18(13-32)9-11-19)20-6-5-7-21(12-20)27-24(34)16(2)35-17(3)33/h5-12,15-16,22-23,25,32H,13-14H2,1-4H3,(H,27,34). The minimum absolute atomic E-state index is 0.00706. The third-order valence-corrected chi connectivity index (χ3v) is 7.32. The van der Waals surface area contributed by atoms with Gasteiger partial charge in [-0.2, -0.15) is 0 Å². The second-order valence-electron chi connectivity index (χ2n) is 9.08. The van der Waals surface area contributed by atoms with Crippen LogP contribution in [0.5, 0.6) is 0 Å². The third kappa shape index (κ3) is 6.76. The van der Waals surface area contributed by atoms with E-state index >= 15 is 0 Å². The van der Waals surface area contributed by atoms with Crippen molar-refractivity contribution in [3.05, 3.63) is 65.2 Å². The van der Waals surface area contributed by atoms with Gasteiger partial charge in [-0.05, 0) is 40.6 Å². The second kappa shape index (κ2) is 12.5. The molecule has 1 aromatic heterocycles. The molecule has 0 spiro atoms. The predicted octanol–water partition coefficient (Wildman–Crippen LogP) is 3.18. The maximum Gasteiger partial charge on any atom is 0.303 e. The molecule has 5 atom stereocenters. The minimum Gasteiger partial charge on any atom is -0.453 e. The first-order valence-corrected chi connectivity index (χ1v) is 13.2. The largest absolute Gasteiger partial charge is 0.453 e. The molecule has 0 aliphatic carbocycles. The van der Waals surface area contributed by atoms with Crippen LogP contribution in [0.4, 0.5) is 5.69 Å². The van der Waals surface area contributed by atoms with Gasteiger partial charge in [0.1, 0.15) is 0 Å². The normalized spacial score (nSPS) is 22.0. The van der Waals surface area contributed by atoms with Gasteiger partial charge in [-0.1, -0.05) is 55.1 Å². The van der Waals surface area contributed by atoms with Gasteiger partial charge in [0, 0.05) is 36.9 Å². The number of aliphatic hydroxyl groups is 1. The number of aromatic nitrogens is 4. The van der Waals surface area contributed by atoms with Crippen molar-refractivity contribution in [3.8, 4) is 0 Å². The number of carbonyl (C=O) groups is 2. The van der Waals surface area contributed by atoms with Crippen LogP contribution >= 0.6 is 11.8 Å². The Morgan fingerprint density at radius 2 is 1.95 bits per heavy atom. The molecule has 2 aromatic carbocycles. The molecule has 1 amide bonds. The van der Waals surface area contributed by atoms with E-state index in [0.29, 0.717) is 16.6 Å². The van der Waals surface area contributed by atoms with Crippen molar-refractivity contribution in [2.75, 3.05) is 11.1 Å². The number of benzene rings is 2. The highest BCUT2D eigenvalue weighted by atomic mass is 32.2. The van der Waals surface area contributed by atoms with Crippen LogP contribution in [0.15, 0.2) is 53.7 Å². The fourth-order valence-electron chi connectivity index (χ4n) is 4.12. The van der Waals surface area contributed by atoms with Crippen molar-refractivity contribution in [1.82, 2.24) is 20.2 Å². The summed E-state index contributed by atoms with van der Waals surface area (Å²) in [6.07, 6.45) is -2.13. The van der Waals surface area contributed by atoms with E-state index in [-0.39, 0.29) is 24.7 Å². The molecule has 0 radical (unpaired) electrons. The van der Waals surface area contributed by atoms with Crippen LogP contribution in [0.1, 0.15) is 49.9 Å². The summed E-state index contributed by atoms with van der Waals surface area (Å²) in [5.74, 6) is -0.382. The van der Waals surface area contributed by atoms with Crippen molar-refractivity contribution in [2.24, 2.45) is 13.0 Å². The van der Waals surface area contributed by atoms with Gasteiger partial charge in [-0.15, -0.1) is 5.10 Å². The molecular weight excluding hydrogens is 510 g/mol. The molecule has 12 heteroatoms. The molecular formula is C26H31N5O6S. The summed E-state index contributed by atoms with van der Waals surface area (Å²) in [5.41, 5.74) is 3.04. The van der Waals surface area contributed by atoms with E-state index in [1.54, 1.807) is 29.9 Å². The summed E-state index contributed by atoms with van der Waals surface area (Å²) in [5, 5.41) is 24.5. The molecule has 0 bridgehead atoms. The highest BCUT2D eigenvalue weighted by Crippen LogP contribution is 2.43. The lowest BCUT2D eigenvalue weighted by molar-refractivity contribution is -0.268. The Morgan fingerprint density at radius 3 is 2.61 bits per heavy atom. The molecule has 2 N–H and O–H groups in total. The van der Waals surface area contributed by atoms with Crippen molar-refractivity contribution in [3.63, 3.8) is 0 Å². The van der Waals surface area contributed by atoms with E-state index in [4.69, 9.17) is 14.2 Å². The highest BCUT2D eigenvalue weighted by Gasteiger charge is 2.38. The Kier molecular flexibility index (Phi) is 9.10. The topological polar surface area (TPSA) is 138 Å². The Morgan fingerprint density at radius 1 is 1.18 bits per heavy atom. The molecule has 38 heavy (non-hydrogen) atoms. The van der Waals surface area contributed by atoms with Crippen LogP contribution in [0.2, 0.25) is 0 Å². The zero-order chi connectivity index (χ0) is 27.2. The Bertz CT molecular complexity index is 1250. The molecule has 1 fully saturated rings. The summed E-state index contributed by atoms with van der Waals surface area (Å²) < 4.78 is 19.5. The maximum atomic E-state index is 12.5. The molecule has 202 valence electrons. The lowest BCUT2D eigenvalue weighted by Gasteiger charge is -2.41. The first-order chi connectivity index (χ1) is 18.2. The fourth-order valence-corrected chi connectivity index (χ4v) is 5.13. The molecule has 2 heterocycles. The Hall–Kier alpha value is -3.32. The van der Waals surface area contributed by atoms with E-state index in [1.165, 1.54) is 25.6 Å². The number of thioether (sulfide) groups is 1. The number of tetrazole rings is 1. The number of esters is 1. The number of nitrogens with one attached hydrogen (secondary N) is 1. The zero-order valence-electron chi connectivity index (χ0n) is 21.6. The number of ether oxygens (including phenoxy) is 3. The molecule has 5 unspecified atom stereocenters. The molecule has 1 saturated heterocycles. The van der Waals surface area contributed by atoms with Crippen molar-refractivity contribution in [2.45, 2.75) is 57.1 Å². The maximum absolute atomic E-state index is 12.5. The van der Waals surface area contributed by atoms with Gasteiger partial charge in [0.15, 0.2) is 12.4 Å². The monoisotopic (exact) mass is 541 g/mol. The summed E-state index contributed by atoms with van der Waals surface area (Å²) in [7, 11) is 1.78. The van der Waals surface area contributed by atoms with Crippen LogP contribution in [0.3, 0.4) is 0 Å². The number of carbonyl (C=O) groups excluding carboxylic acids is 2. The van der Waals surface area contributed by atoms with Crippen molar-refractivity contribution in [1.29, 1.82) is 0 Å². The number of aliphatic hydroxyl groups excluding tert-OH is 1. The number of hydrogen-bond donors (Lipinski definition) is 2. The van der Waals surface area contributed by atoms with Gasteiger partial charge >= 0.3 is 5.97 Å². The van der Waals surface area contributed by atoms with Crippen LogP contribution in [0.25, 0.3) is 0 Å². The van der Waals surface area contributed by atoms with E-state index in [2.05, 4.69) is 27.8 Å². The first kappa shape index (κ1) is 27.7.